The maximum absolute atomic E-state index is 10.6. The maximum Gasteiger partial charge on any atom is 0.269 e. The van der Waals surface area contributed by atoms with Gasteiger partial charge in [-0.25, -0.2) is 0 Å². The minimum atomic E-state index is -0.522. The molecule has 0 aliphatic heterocycles. The summed E-state index contributed by atoms with van der Waals surface area (Å²) in [7, 11) is 0. The zero-order chi connectivity index (χ0) is 15.4. The van der Waals surface area contributed by atoms with Gasteiger partial charge < -0.3 is 10.2 Å². The van der Waals surface area contributed by atoms with E-state index in [1.807, 2.05) is 6.07 Å². The normalized spacial score (nSPS) is 10.9. The molecule has 0 aliphatic rings. The first-order valence-corrected chi connectivity index (χ1v) is 5.90. The third-order valence-electron chi connectivity index (χ3n) is 2.82. The topological polar surface area (TPSA) is 107 Å². The Labute approximate surface area is 120 Å². The highest BCUT2D eigenvalue weighted by molar-refractivity contribution is 5.90. The molecule has 0 saturated heterocycles. The van der Waals surface area contributed by atoms with Gasteiger partial charge in [0.1, 0.15) is 11.5 Å². The number of aromatic hydroxyl groups is 2. The van der Waals surface area contributed by atoms with E-state index in [9.17, 15) is 25.6 Å². The van der Waals surface area contributed by atoms with Crippen LogP contribution in [-0.4, -0.2) is 15.1 Å². The van der Waals surface area contributed by atoms with E-state index >= 15 is 0 Å². The number of phenolic OH excluding ortho intramolecular Hbond substituents is 2. The van der Waals surface area contributed by atoms with Gasteiger partial charge in [-0.1, -0.05) is 0 Å². The summed E-state index contributed by atoms with van der Waals surface area (Å²) < 4.78 is 0. The smallest absolute Gasteiger partial charge is 0.269 e. The Hall–Kier alpha value is -3.33. The molecule has 0 bridgehead atoms. The molecule has 0 heterocycles. The van der Waals surface area contributed by atoms with Crippen LogP contribution in [0.2, 0.25) is 0 Å². The third-order valence-corrected chi connectivity index (χ3v) is 2.82. The van der Waals surface area contributed by atoms with Crippen molar-refractivity contribution in [1.29, 1.82) is 5.26 Å². The summed E-state index contributed by atoms with van der Waals surface area (Å²) in [5, 5.41) is 38.7. The van der Waals surface area contributed by atoms with Crippen molar-refractivity contribution in [3.8, 4) is 17.6 Å². The lowest BCUT2D eigenvalue weighted by atomic mass is 10.0. The van der Waals surface area contributed by atoms with Crippen LogP contribution in [0.1, 0.15) is 11.1 Å². The number of nitro benzene ring substituents is 1. The Bertz CT molecular complexity index is 758. The first kappa shape index (κ1) is 14.1. The summed E-state index contributed by atoms with van der Waals surface area (Å²) in [6, 6.07) is 11.5. The molecule has 2 rings (SSSR count). The molecule has 2 N–H and O–H groups in total. The van der Waals surface area contributed by atoms with E-state index in [1.54, 1.807) is 0 Å². The van der Waals surface area contributed by atoms with Crippen molar-refractivity contribution in [3.05, 3.63) is 63.7 Å². The SMILES string of the molecule is N#C/C(=C/c1ccc(O)cc1O)c1ccc([N+](=O)[O-])cc1. The van der Waals surface area contributed by atoms with Crippen molar-refractivity contribution in [1.82, 2.24) is 0 Å². The Kier molecular flexibility index (Phi) is 3.86. The minimum absolute atomic E-state index is 0.0662. The second-order valence-electron chi connectivity index (χ2n) is 4.22. The Balaban J connectivity index is 2.41. The number of non-ortho nitro benzene ring substituents is 1. The molecule has 104 valence electrons. The van der Waals surface area contributed by atoms with Gasteiger partial charge in [0.05, 0.1) is 16.6 Å². The van der Waals surface area contributed by atoms with E-state index < -0.39 is 4.92 Å². The second-order valence-corrected chi connectivity index (χ2v) is 4.22. The van der Waals surface area contributed by atoms with Crippen molar-refractivity contribution in [2.75, 3.05) is 0 Å². The number of hydrogen-bond acceptors (Lipinski definition) is 5. The summed E-state index contributed by atoms with van der Waals surface area (Å²) >= 11 is 0. The molecule has 0 aromatic heterocycles. The number of hydrogen-bond donors (Lipinski definition) is 2. The predicted octanol–water partition coefficient (Wildman–Crippen LogP) is 3.07. The first-order valence-electron chi connectivity index (χ1n) is 5.90. The molecule has 0 fully saturated rings. The lowest BCUT2D eigenvalue weighted by Gasteiger charge is -2.02. The monoisotopic (exact) mass is 282 g/mol. The Morgan fingerprint density at radius 1 is 1.19 bits per heavy atom. The van der Waals surface area contributed by atoms with Gasteiger partial charge in [-0.15, -0.1) is 0 Å². The fraction of sp³-hybridized carbons (Fsp3) is 0. The van der Waals surface area contributed by atoms with Crippen LogP contribution in [0, 0.1) is 21.4 Å². The molecule has 0 saturated carbocycles. The van der Waals surface area contributed by atoms with Crippen molar-refractivity contribution in [2.24, 2.45) is 0 Å². The fourth-order valence-corrected chi connectivity index (χ4v) is 1.75. The third kappa shape index (κ3) is 3.16. The standard InChI is InChI=1S/C15H10N2O4/c16-9-12(7-11-3-6-14(18)8-15(11)19)10-1-4-13(5-2-10)17(20)21/h1-8,18-19H/b12-7-. The molecule has 2 aromatic carbocycles. The fourth-order valence-electron chi connectivity index (χ4n) is 1.75. The van der Waals surface area contributed by atoms with E-state index in [0.29, 0.717) is 11.1 Å². The highest BCUT2D eigenvalue weighted by Gasteiger charge is 2.08. The van der Waals surface area contributed by atoms with Gasteiger partial charge in [-0.05, 0) is 35.9 Å². The van der Waals surface area contributed by atoms with Gasteiger partial charge in [0.2, 0.25) is 0 Å². The molecule has 0 unspecified atom stereocenters. The first-order chi connectivity index (χ1) is 10.0. The summed E-state index contributed by atoms with van der Waals surface area (Å²) in [4.78, 5) is 10.1. The van der Waals surface area contributed by atoms with Gasteiger partial charge in [-0.2, -0.15) is 5.26 Å². The largest absolute Gasteiger partial charge is 0.508 e. The van der Waals surface area contributed by atoms with Crippen LogP contribution in [0.25, 0.3) is 11.6 Å². The molecular formula is C15H10N2O4. The summed E-state index contributed by atoms with van der Waals surface area (Å²) in [5.74, 6) is -0.247. The van der Waals surface area contributed by atoms with Crippen LogP contribution in [0.5, 0.6) is 11.5 Å². The minimum Gasteiger partial charge on any atom is -0.508 e. The molecule has 0 radical (unpaired) electrons. The second kappa shape index (κ2) is 5.75. The maximum atomic E-state index is 10.6. The van der Waals surface area contributed by atoms with E-state index in [1.165, 1.54) is 42.5 Å². The van der Waals surface area contributed by atoms with E-state index in [0.717, 1.165) is 6.07 Å². The van der Waals surface area contributed by atoms with Gasteiger partial charge in [-0.3, -0.25) is 10.1 Å². The quantitative estimate of drug-likeness (QED) is 0.389. The van der Waals surface area contributed by atoms with Crippen molar-refractivity contribution >= 4 is 17.3 Å². The highest BCUT2D eigenvalue weighted by Crippen LogP contribution is 2.27. The molecule has 6 nitrogen and oxygen atoms in total. The average molecular weight is 282 g/mol. The van der Waals surface area contributed by atoms with Crippen LogP contribution in [-0.2, 0) is 0 Å². The van der Waals surface area contributed by atoms with E-state index in [4.69, 9.17) is 0 Å². The van der Waals surface area contributed by atoms with E-state index in [-0.39, 0.29) is 22.8 Å². The molecule has 0 atom stereocenters. The number of phenols is 2. The van der Waals surface area contributed by atoms with Gasteiger partial charge in [0, 0.05) is 23.8 Å². The van der Waals surface area contributed by atoms with Crippen LogP contribution in [0.3, 0.4) is 0 Å². The zero-order valence-corrected chi connectivity index (χ0v) is 10.7. The zero-order valence-electron chi connectivity index (χ0n) is 10.7. The molecule has 0 amide bonds. The highest BCUT2D eigenvalue weighted by atomic mass is 16.6. The average Bonchev–Trinajstić information content (AvgIpc) is 2.47. The number of benzene rings is 2. The molecule has 0 aliphatic carbocycles. The molecule has 21 heavy (non-hydrogen) atoms. The lowest BCUT2D eigenvalue weighted by molar-refractivity contribution is -0.384. The summed E-state index contributed by atoms with van der Waals surface area (Å²) in [6.07, 6.45) is 1.44. The number of nitrogens with zero attached hydrogens (tertiary/aromatic N) is 2. The predicted molar refractivity (Wildman–Crippen MR) is 76.4 cm³/mol. The molecule has 6 heteroatoms. The van der Waals surface area contributed by atoms with Crippen molar-refractivity contribution < 1.29 is 15.1 Å². The summed E-state index contributed by atoms with van der Waals surface area (Å²) in [6.45, 7) is 0. The molecule has 2 aromatic rings. The number of nitro groups is 1. The number of allylic oxidation sites excluding steroid dienone is 1. The number of rotatable bonds is 3. The molecular weight excluding hydrogens is 272 g/mol. The van der Waals surface area contributed by atoms with Gasteiger partial charge in [0.15, 0.2) is 0 Å². The van der Waals surface area contributed by atoms with Crippen molar-refractivity contribution in [3.63, 3.8) is 0 Å². The lowest BCUT2D eigenvalue weighted by Crippen LogP contribution is -1.88. The summed E-state index contributed by atoms with van der Waals surface area (Å²) in [5.41, 5.74) is 1.03. The van der Waals surface area contributed by atoms with Crippen LogP contribution < -0.4 is 0 Å². The Morgan fingerprint density at radius 3 is 2.38 bits per heavy atom. The van der Waals surface area contributed by atoms with Crippen molar-refractivity contribution in [2.45, 2.75) is 0 Å². The van der Waals surface area contributed by atoms with E-state index in [2.05, 4.69) is 0 Å². The van der Waals surface area contributed by atoms with Crippen LogP contribution in [0.15, 0.2) is 42.5 Å². The van der Waals surface area contributed by atoms with Crippen LogP contribution in [0.4, 0.5) is 5.69 Å². The van der Waals surface area contributed by atoms with Gasteiger partial charge in [0.25, 0.3) is 5.69 Å². The number of nitriles is 1. The Morgan fingerprint density at radius 2 is 1.86 bits per heavy atom. The molecule has 0 spiro atoms. The van der Waals surface area contributed by atoms with Crippen LogP contribution >= 0.6 is 0 Å². The van der Waals surface area contributed by atoms with Gasteiger partial charge >= 0.3 is 0 Å².